The van der Waals surface area contributed by atoms with E-state index in [2.05, 4.69) is 0 Å². The van der Waals surface area contributed by atoms with Crippen LogP contribution in [0, 0.1) is 14.3 Å². The van der Waals surface area contributed by atoms with Crippen molar-refractivity contribution in [2.75, 3.05) is 0 Å². The van der Waals surface area contributed by atoms with Crippen LogP contribution < -0.4 is 0 Å². The van der Waals surface area contributed by atoms with Gasteiger partial charge in [-0.1, -0.05) is 36.4 Å². The SMILES string of the molecule is O=C(O)c1ccccc1O.O=C(O)c1ccccc1O.O=C(O)c1ccccc1O.[Am]. The van der Waals surface area contributed by atoms with Gasteiger partial charge in [-0.3, -0.25) is 0 Å². The second-order valence-electron chi connectivity index (χ2n) is 5.47. The summed E-state index contributed by atoms with van der Waals surface area (Å²) in [5, 5.41) is 51.9. The van der Waals surface area contributed by atoms with Crippen LogP contribution >= 0.6 is 0 Å². The molecular weight excluding hydrogens is 639 g/mol. The second kappa shape index (κ2) is 13.2. The van der Waals surface area contributed by atoms with Crippen molar-refractivity contribution < 1.29 is 59.3 Å². The third kappa shape index (κ3) is 8.82. The summed E-state index contributed by atoms with van der Waals surface area (Å²) >= 11 is 0. The van der Waals surface area contributed by atoms with E-state index in [1.165, 1.54) is 36.4 Å². The molecule has 0 aliphatic heterocycles. The van der Waals surface area contributed by atoms with Gasteiger partial charge in [0, 0.05) is 14.3 Å². The largest absolute Gasteiger partial charge is 0.507 e. The van der Waals surface area contributed by atoms with Crippen LogP contribution in [0.3, 0.4) is 0 Å². The fourth-order valence-electron chi connectivity index (χ4n) is 1.96. The molecular formula is C21H18AmO9. The summed E-state index contributed by atoms with van der Waals surface area (Å²) in [6, 6.07) is 17.4. The van der Waals surface area contributed by atoms with Crippen molar-refractivity contribution in [3.05, 3.63) is 89.5 Å². The number of para-hydroxylation sites is 3. The predicted octanol–water partition coefficient (Wildman–Crippen LogP) is 3.27. The number of aromatic hydroxyl groups is 3. The van der Waals surface area contributed by atoms with Crippen LogP contribution in [-0.2, 0) is 0 Å². The first kappa shape index (κ1) is 26.9. The fourth-order valence-corrected chi connectivity index (χ4v) is 1.96. The van der Waals surface area contributed by atoms with Gasteiger partial charge in [0.2, 0.25) is 0 Å². The van der Waals surface area contributed by atoms with Crippen LogP contribution in [0.2, 0.25) is 0 Å². The summed E-state index contributed by atoms with van der Waals surface area (Å²) in [6.07, 6.45) is 0. The number of hydrogen-bond donors (Lipinski definition) is 6. The molecule has 6 N–H and O–H groups in total. The van der Waals surface area contributed by atoms with Crippen LogP contribution in [0.5, 0.6) is 17.2 Å². The number of phenols is 3. The van der Waals surface area contributed by atoms with Crippen LogP contribution in [0.1, 0.15) is 31.1 Å². The van der Waals surface area contributed by atoms with Crippen LogP contribution in [0.4, 0.5) is 0 Å². The molecule has 163 valence electrons. The Labute approximate surface area is 184 Å². The number of carboxylic acid groups (broad SMARTS) is 3. The van der Waals surface area contributed by atoms with Gasteiger partial charge in [-0.05, 0) is 36.4 Å². The quantitative estimate of drug-likeness (QED) is 0.247. The van der Waals surface area contributed by atoms with Crippen LogP contribution in [0.25, 0.3) is 0 Å². The predicted molar refractivity (Wildman–Crippen MR) is 105 cm³/mol. The van der Waals surface area contributed by atoms with Crippen molar-refractivity contribution in [1.29, 1.82) is 0 Å². The zero-order valence-electron chi connectivity index (χ0n) is 15.7. The molecule has 0 amide bonds. The zero-order valence-corrected chi connectivity index (χ0v) is 18.9. The molecule has 9 nitrogen and oxygen atoms in total. The van der Waals surface area contributed by atoms with Crippen molar-refractivity contribution in [1.82, 2.24) is 0 Å². The molecule has 1 radical (unpaired) electrons. The van der Waals surface area contributed by atoms with Crippen LogP contribution in [-0.4, -0.2) is 48.5 Å². The first-order valence-corrected chi connectivity index (χ1v) is 8.19. The van der Waals surface area contributed by atoms with Gasteiger partial charge >= 0.3 is 17.9 Å². The summed E-state index contributed by atoms with van der Waals surface area (Å²) < 4.78 is 0. The van der Waals surface area contributed by atoms with Crippen molar-refractivity contribution >= 4 is 17.9 Å². The van der Waals surface area contributed by atoms with E-state index in [-0.39, 0.29) is 48.2 Å². The second-order valence-corrected chi connectivity index (χ2v) is 5.47. The van der Waals surface area contributed by atoms with Crippen molar-refractivity contribution in [2.24, 2.45) is 0 Å². The number of hydrogen-bond acceptors (Lipinski definition) is 6. The Hall–Kier alpha value is -4.14. The first-order chi connectivity index (χ1) is 14.1. The fraction of sp³-hybridized carbons (Fsp3) is 0. The molecule has 10 heteroatoms. The maximum absolute atomic E-state index is 10.3. The summed E-state index contributed by atoms with van der Waals surface area (Å²) in [4.78, 5) is 30.8. The average molecular weight is 657 g/mol. The minimum absolute atomic E-state index is 0. The van der Waals surface area contributed by atoms with Gasteiger partial charge in [0.15, 0.2) is 0 Å². The Morgan fingerprint density at radius 1 is 0.452 bits per heavy atom. The molecule has 0 fully saturated rings. The van der Waals surface area contributed by atoms with Gasteiger partial charge < -0.3 is 30.6 Å². The molecule has 0 aliphatic rings. The average Bonchev–Trinajstić information content (AvgIpc) is 2.69. The molecule has 0 heterocycles. The molecule has 3 rings (SSSR count). The van der Waals surface area contributed by atoms with Gasteiger partial charge in [0.1, 0.15) is 33.9 Å². The van der Waals surface area contributed by atoms with E-state index >= 15 is 0 Å². The molecule has 3 aromatic carbocycles. The van der Waals surface area contributed by atoms with Gasteiger partial charge in [-0.2, -0.15) is 0 Å². The molecule has 0 bridgehead atoms. The monoisotopic (exact) mass is 655 g/mol. The number of aromatic carboxylic acids is 3. The maximum atomic E-state index is 10.3. The molecule has 0 aliphatic carbocycles. The number of carboxylic acids is 3. The summed E-state index contributed by atoms with van der Waals surface area (Å²) in [5.41, 5.74) is -0.201. The molecule has 0 unspecified atom stereocenters. The van der Waals surface area contributed by atoms with E-state index in [1.807, 2.05) is 0 Å². The molecule has 0 saturated carbocycles. The summed E-state index contributed by atoms with van der Waals surface area (Å²) in [7, 11) is 0. The van der Waals surface area contributed by atoms with Crippen molar-refractivity contribution in [2.45, 2.75) is 0 Å². The van der Waals surface area contributed by atoms with E-state index in [4.69, 9.17) is 30.6 Å². The number of carbonyl (C=O) groups is 3. The summed E-state index contributed by atoms with van der Waals surface area (Å²) in [5.74, 6) is -3.94. The third-order valence-electron chi connectivity index (χ3n) is 3.40. The van der Waals surface area contributed by atoms with Gasteiger partial charge in [0.05, 0.1) is 0 Å². The van der Waals surface area contributed by atoms with E-state index in [0.29, 0.717) is 0 Å². The minimum Gasteiger partial charge on any atom is -0.507 e. The smallest absolute Gasteiger partial charge is 0.339 e. The van der Waals surface area contributed by atoms with Crippen molar-refractivity contribution in [3.63, 3.8) is 0 Å². The normalized spacial score (nSPS) is 8.90. The van der Waals surface area contributed by atoms with E-state index in [9.17, 15) is 14.4 Å². The van der Waals surface area contributed by atoms with Crippen LogP contribution in [0.15, 0.2) is 72.8 Å². The van der Waals surface area contributed by atoms with Gasteiger partial charge in [0.25, 0.3) is 0 Å². The Bertz CT molecular complexity index is 903. The number of benzene rings is 3. The third-order valence-corrected chi connectivity index (χ3v) is 3.40. The standard InChI is InChI=1S/3C7H6O3.Am/c3*8-6-4-2-1-3-5(6)7(9)10;/h3*1-4,8H,(H,9,10);. The van der Waals surface area contributed by atoms with Crippen molar-refractivity contribution in [3.8, 4) is 17.2 Å². The topological polar surface area (TPSA) is 173 Å². The Balaban J connectivity index is 0.000000429. The first-order valence-electron chi connectivity index (χ1n) is 8.19. The minimum atomic E-state index is -1.11. The maximum Gasteiger partial charge on any atom is 0.339 e. The summed E-state index contributed by atoms with van der Waals surface area (Å²) in [6.45, 7) is 0. The van der Waals surface area contributed by atoms with Gasteiger partial charge in [-0.25, -0.2) is 14.4 Å². The van der Waals surface area contributed by atoms with Gasteiger partial charge in [-0.15, -0.1) is 0 Å². The molecule has 0 atom stereocenters. The van der Waals surface area contributed by atoms with E-state index in [0.717, 1.165) is 0 Å². The molecule has 31 heavy (non-hydrogen) atoms. The molecule has 0 saturated heterocycles. The Kier molecular flexibility index (Phi) is 11.4. The Morgan fingerprint density at radius 2 is 0.645 bits per heavy atom. The van der Waals surface area contributed by atoms with E-state index in [1.54, 1.807) is 36.4 Å². The molecule has 0 aromatic heterocycles. The zero-order chi connectivity index (χ0) is 22.7. The van der Waals surface area contributed by atoms with E-state index < -0.39 is 17.9 Å². The Morgan fingerprint density at radius 3 is 0.774 bits per heavy atom. The number of rotatable bonds is 3. The molecule has 3 aromatic rings. The molecule has 0 spiro atoms.